The second kappa shape index (κ2) is 30.9. The highest BCUT2D eigenvalue weighted by atomic mass is 16.5. The van der Waals surface area contributed by atoms with Gasteiger partial charge in [0.05, 0.1) is 16.2 Å². The molecule has 2 atom stereocenters. The third kappa shape index (κ3) is 12.2. The van der Waals surface area contributed by atoms with Crippen LogP contribution in [0.15, 0.2) is 471 Å². The van der Waals surface area contributed by atoms with Crippen LogP contribution in [-0.2, 0) is 16.2 Å². The fourth-order valence-corrected chi connectivity index (χ4v) is 22.9. The first-order valence-electron chi connectivity index (χ1n) is 46.3. The first-order chi connectivity index (χ1) is 66.5. The topological polar surface area (TPSA) is 51.2 Å². The maximum Gasteiger partial charge on any atom is 0.135 e. The molecule has 6 nitrogen and oxygen atoms in total. The molecular weight excluding hydrogens is 1640 g/mol. The largest absolute Gasteiger partial charge is 0.457 e. The molecule has 135 heavy (non-hydrogen) atoms. The number of hydrogen-bond acceptors (Lipinski definition) is 6. The molecule has 0 saturated carbocycles. The molecule has 0 N–H and O–H groups in total. The van der Waals surface area contributed by atoms with Crippen LogP contribution in [0.5, 0.6) is 23.0 Å². The Morgan fingerprint density at radius 3 is 0.807 bits per heavy atom. The zero-order valence-electron chi connectivity index (χ0n) is 74.3. The molecule has 4 aliphatic carbocycles. The molecular formula is C129H86N2O4. The second-order valence-corrected chi connectivity index (χ2v) is 36.3. The molecule has 0 saturated heterocycles. The van der Waals surface area contributed by atoms with E-state index < -0.39 is 16.2 Å². The number of fused-ring (bicyclic) bond motifs is 22. The minimum atomic E-state index is -0.836. The Morgan fingerprint density at radius 1 is 0.215 bits per heavy atom. The highest BCUT2D eigenvalue weighted by molar-refractivity contribution is 6.08. The van der Waals surface area contributed by atoms with Gasteiger partial charge in [0.25, 0.3) is 0 Å². The zero-order chi connectivity index (χ0) is 89.8. The van der Waals surface area contributed by atoms with Crippen LogP contribution in [0, 0.1) is 13.8 Å². The maximum absolute atomic E-state index is 6.64. The van der Waals surface area contributed by atoms with Crippen LogP contribution >= 0.6 is 0 Å². The minimum Gasteiger partial charge on any atom is -0.457 e. The Kier molecular flexibility index (Phi) is 18.0. The van der Waals surface area contributed by atoms with Crippen molar-refractivity contribution in [1.29, 1.82) is 0 Å². The molecule has 636 valence electrons. The van der Waals surface area contributed by atoms with Crippen LogP contribution in [-0.4, -0.2) is 0 Å². The summed E-state index contributed by atoms with van der Waals surface area (Å²) in [5.74, 6) is 3.01. The quantitative estimate of drug-likeness (QED) is 0.0853. The number of aryl methyl sites for hydroxylation is 2. The first kappa shape index (κ1) is 78.7. The summed E-state index contributed by atoms with van der Waals surface area (Å²) in [6.07, 6.45) is 3.71. The van der Waals surface area contributed by atoms with Gasteiger partial charge >= 0.3 is 0 Å². The van der Waals surface area contributed by atoms with Gasteiger partial charge in [-0.2, -0.15) is 0 Å². The van der Waals surface area contributed by atoms with Crippen LogP contribution in [0.2, 0.25) is 0 Å². The number of benzene rings is 20. The SMILES string of the molecule is C=Cc1ccc(Oc2ccc(C3(c4ccc(C)cc4)c4ccccc4-c4ccc(N(c5ccc(-c6ccc7oc8ccccc8c7c6)cc5)c5ccc6c(c5)C5(c7ccccc7-6)c6ccccc6-c6ccc(N(c7ccc(-c8ccc9oc%10ccccc%10c9c8)cc7)c7ccc8c(c7)C(c7ccc(C)cc7)(c7ccc(Oc9ccc(C=C)cc9)cc7)c7ccccc7-8)cc65)cc43)cc2)cc1. The average molecular weight is 1730 g/mol. The minimum absolute atomic E-state index is 0.749. The van der Waals surface area contributed by atoms with Crippen molar-refractivity contribution in [2.75, 3.05) is 9.80 Å². The summed E-state index contributed by atoms with van der Waals surface area (Å²) in [4.78, 5) is 5.03. The van der Waals surface area contributed by atoms with Crippen LogP contribution in [0.3, 0.4) is 0 Å². The fraction of sp³-hybridized carbons (Fsp3) is 0.0388. The summed E-state index contributed by atoms with van der Waals surface area (Å²) in [6, 6.07) is 166. The molecule has 26 rings (SSSR count). The smallest absolute Gasteiger partial charge is 0.135 e. The van der Waals surface area contributed by atoms with Crippen LogP contribution in [0.1, 0.15) is 89.0 Å². The number of para-hydroxylation sites is 2. The Balaban J connectivity index is 0.672. The van der Waals surface area contributed by atoms with Gasteiger partial charge in [0.2, 0.25) is 0 Å². The number of ether oxygens (including phenoxy) is 2. The molecule has 0 fully saturated rings. The van der Waals surface area contributed by atoms with Crippen LogP contribution in [0.4, 0.5) is 34.1 Å². The Hall–Kier alpha value is -17.3. The number of rotatable bonds is 18. The van der Waals surface area contributed by atoms with E-state index >= 15 is 0 Å². The predicted octanol–water partition coefficient (Wildman–Crippen LogP) is 34.3. The number of furan rings is 2. The Bertz CT molecular complexity index is 8070. The third-order valence-electron chi connectivity index (χ3n) is 29.1. The van der Waals surface area contributed by atoms with Crippen LogP contribution in [0.25, 0.3) is 123 Å². The molecule has 22 aromatic rings. The summed E-state index contributed by atoms with van der Waals surface area (Å²) >= 11 is 0. The van der Waals surface area contributed by atoms with Crippen molar-refractivity contribution in [2.24, 2.45) is 0 Å². The van der Waals surface area contributed by atoms with Gasteiger partial charge in [0.1, 0.15) is 45.3 Å². The molecule has 2 heterocycles. The Morgan fingerprint density at radius 2 is 0.474 bits per heavy atom. The van der Waals surface area contributed by atoms with Gasteiger partial charge in [0.15, 0.2) is 0 Å². The molecule has 6 heteroatoms. The molecule has 2 unspecified atom stereocenters. The van der Waals surface area contributed by atoms with E-state index in [-0.39, 0.29) is 0 Å². The summed E-state index contributed by atoms with van der Waals surface area (Å²) in [7, 11) is 0. The van der Waals surface area contributed by atoms with Gasteiger partial charge in [-0.05, 0) is 316 Å². The van der Waals surface area contributed by atoms with Gasteiger partial charge in [-0.25, -0.2) is 0 Å². The molecule has 0 aliphatic heterocycles. The van der Waals surface area contributed by atoms with Crippen molar-refractivity contribution in [3.05, 3.63) is 551 Å². The normalized spacial score (nSPS) is 15.5. The lowest BCUT2D eigenvalue weighted by atomic mass is 9.67. The lowest BCUT2D eigenvalue weighted by molar-refractivity contribution is 0.482. The number of anilines is 6. The highest BCUT2D eigenvalue weighted by Crippen LogP contribution is 2.66. The average Bonchev–Trinajstić information content (AvgIpc) is 1.51. The number of nitrogens with zero attached hydrogens (tertiary/aromatic N) is 2. The van der Waals surface area contributed by atoms with Gasteiger partial charge in [-0.15, -0.1) is 0 Å². The lowest BCUT2D eigenvalue weighted by Gasteiger charge is -2.36. The van der Waals surface area contributed by atoms with E-state index in [0.717, 1.165) is 146 Å². The van der Waals surface area contributed by atoms with E-state index in [9.17, 15) is 0 Å². The molecule has 2 aromatic heterocycles. The van der Waals surface area contributed by atoms with E-state index in [1.165, 1.54) is 111 Å². The van der Waals surface area contributed by atoms with E-state index in [0.29, 0.717) is 0 Å². The highest BCUT2D eigenvalue weighted by Gasteiger charge is 2.54. The molecule has 4 aliphatic rings. The monoisotopic (exact) mass is 1730 g/mol. The van der Waals surface area contributed by atoms with Crippen LogP contribution < -0.4 is 19.3 Å². The summed E-state index contributed by atoms with van der Waals surface area (Å²) < 4.78 is 26.1. The molecule has 20 aromatic carbocycles. The van der Waals surface area contributed by atoms with E-state index in [2.05, 4.69) is 425 Å². The standard InChI is InChI=1S/C129H86N2O4/c1-5-83-35-61-99(62-36-83)132-101-65-49-91(50-66-101)127(89-45-31-81(3)32-46-89)115-25-13-7-19-103(115)107-69-57-95(77-119(107)127)130(93-53-39-85(40-54-93)87-43-73-125-113(75-87)111-23-11-17-29-123(111)134-125)97-59-71-109-105-21-9-15-27-117(105)129(121(109)79-97)118-28-16-10-22-106(118)110-72-60-98(80-122(110)129)131(94-55-41-86(42-56-94)88-44-74-126-114(76-88)112-24-12-18-30-124(112)135-126)96-58-70-108-104-20-8-14-26-116(104)128(120(108)78-96,90-47-33-82(4)34-48-90)92-51-67-102(68-52-92)133-100-63-37-84(6-2)38-64-100/h5-80H,1-2H2,3-4H3. The van der Waals surface area contributed by atoms with Gasteiger partial charge in [-0.1, -0.05) is 328 Å². The van der Waals surface area contributed by atoms with Gasteiger partial charge in [0, 0.05) is 55.7 Å². The summed E-state index contributed by atoms with van der Waals surface area (Å²) in [5, 5.41) is 4.37. The molecule has 0 amide bonds. The summed E-state index contributed by atoms with van der Waals surface area (Å²) in [5.41, 5.74) is 39.8. The molecule has 0 bridgehead atoms. The third-order valence-corrected chi connectivity index (χ3v) is 29.1. The zero-order valence-corrected chi connectivity index (χ0v) is 74.3. The van der Waals surface area contributed by atoms with Crippen molar-refractivity contribution in [3.63, 3.8) is 0 Å². The number of hydrogen-bond donors (Lipinski definition) is 0. The van der Waals surface area contributed by atoms with Crippen molar-refractivity contribution >= 4 is 90.2 Å². The molecule has 1 spiro atoms. The summed E-state index contributed by atoms with van der Waals surface area (Å²) in [6.45, 7) is 12.4. The van der Waals surface area contributed by atoms with Crippen molar-refractivity contribution in [1.82, 2.24) is 0 Å². The molecule has 0 radical (unpaired) electrons. The van der Waals surface area contributed by atoms with E-state index in [1.54, 1.807) is 0 Å². The lowest BCUT2D eigenvalue weighted by Crippen LogP contribution is -2.29. The van der Waals surface area contributed by atoms with Crippen molar-refractivity contribution in [3.8, 4) is 89.8 Å². The van der Waals surface area contributed by atoms with E-state index in [4.69, 9.17) is 18.3 Å². The van der Waals surface area contributed by atoms with Crippen molar-refractivity contribution < 1.29 is 18.3 Å². The Labute approximate surface area is 783 Å². The fourth-order valence-electron chi connectivity index (χ4n) is 22.9. The predicted molar refractivity (Wildman–Crippen MR) is 555 cm³/mol. The van der Waals surface area contributed by atoms with E-state index in [1.807, 2.05) is 72.8 Å². The van der Waals surface area contributed by atoms with Gasteiger partial charge in [-0.3, -0.25) is 0 Å². The second-order valence-electron chi connectivity index (χ2n) is 36.3. The van der Waals surface area contributed by atoms with Crippen molar-refractivity contribution in [2.45, 2.75) is 30.1 Å². The maximum atomic E-state index is 6.64. The first-order valence-corrected chi connectivity index (χ1v) is 46.3. The van der Waals surface area contributed by atoms with Gasteiger partial charge < -0.3 is 28.1 Å².